The number of hydrogen-bond donors (Lipinski definition) is 2. The lowest BCUT2D eigenvalue weighted by atomic mass is 10.1. The summed E-state index contributed by atoms with van der Waals surface area (Å²) in [5, 5.41) is 6.35. The number of ether oxygens (including phenoxy) is 2. The molecule has 0 saturated heterocycles. The zero-order valence-corrected chi connectivity index (χ0v) is 15.8. The molecule has 1 heterocycles. The summed E-state index contributed by atoms with van der Waals surface area (Å²) in [4.78, 5) is 20.6. The van der Waals surface area contributed by atoms with Crippen molar-refractivity contribution in [3.8, 4) is 5.75 Å². The van der Waals surface area contributed by atoms with E-state index >= 15 is 0 Å². The second-order valence-corrected chi connectivity index (χ2v) is 5.95. The smallest absolute Gasteiger partial charge is 0.339 e. The second kappa shape index (κ2) is 9.36. The molecular weight excluding hydrogens is 356 g/mol. The number of hydrogen-bond acceptors (Lipinski definition) is 7. The molecule has 0 radical (unpaired) electrons. The van der Waals surface area contributed by atoms with Gasteiger partial charge in [0.1, 0.15) is 11.6 Å². The molecule has 0 aliphatic carbocycles. The summed E-state index contributed by atoms with van der Waals surface area (Å²) in [5.74, 6) is 1.52. The van der Waals surface area contributed by atoms with Gasteiger partial charge in [0.25, 0.3) is 0 Å². The number of aromatic nitrogens is 2. The minimum atomic E-state index is -0.407. The number of esters is 1. The van der Waals surface area contributed by atoms with E-state index < -0.39 is 5.97 Å². The molecule has 0 fully saturated rings. The maximum Gasteiger partial charge on any atom is 0.339 e. The van der Waals surface area contributed by atoms with Crippen molar-refractivity contribution in [2.24, 2.45) is 0 Å². The SMILES string of the molecule is COC(=O)c1ccccc1Nc1ccnc(NCCc2ccc(OC)cc2)n1. The number of nitrogens with zero attached hydrogens (tertiary/aromatic N) is 2. The highest BCUT2D eigenvalue weighted by atomic mass is 16.5. The molecule has 3 aromatic rings. The number of benzene rings is 2. The first-order valence-corrected chi connectivity index (χ1v) is 8.84. The number of rotatable bonds is 8. The molecule has 0 amide bonds. The Kier molecular flexibility index (Phi) is 6.41. The van der Waals surface area contributed by atoms with E-state index in [9.17, 15) is 4.79 Å². The molecule has 0 saturated carbocycles. The van der Waals surface area contributed by atoms with Gasteiger partial charge in [-0.1, -0.05) is 24.3 Å². The lowest BCUT2D eigenvalue weighted by molar-refractivity contribution is 0.0602. The molecule has 1 aromatic heterocycles. The van der Waals surface area contributed by atoms with Gasteiger partial charge in [0.15, 0.2) is 0 Å². The molecule has 3 rings (SSSR count). The fraction of sp³-hybridized carbons (Fsp3) is 0.190. The Morgan fingerprint density at radius 3 is 2.57 bits per heavy atom. The van der Waals surface area contributed by atoms with Crippen molar-refractivity contribution >= 4 is 23.4 Å². The first kappa shape index (κ1) is 19.2. The van der Waals surface area contributed by atoms with E-state index in [1.807, 2.05) is 30.3 Å². The van der Waals surface area contributed by atoms with Gasteiger partial charge in [-0.25, -0.2) is 9.78 Å². The first-order chi connectivity index (χ1) is 13.7. The summed E-state index contributed by atoms with van der Waals surface area (Å²) in [6, 6.07) is 16.8. The first-order valence-electron chi connectivity index (χ1n) is 8.84. The van der Waals surface area contributed by atoms with Gasteiger partial charge in [0.05, 0.1) is 25.5 Å². The molecule has 28 heavy (non-hydrogen) atoms. The topological polar surface area (TPSA) is 85.4 Å². The molecule has 0 aliphatic rings. The van der Waals surface area contributed by atoms with E-state index in [-0.39, 0.29) is 0 Å². The molecule has 144 valence electrons. The Bertz CT molecular complexity index is 929. The van der Waals surface area contributed by atoms with Crippen LogP contribution in [0, 0.1) is 0 Å². The van der Waals surface area contributed by atoms with Crippen molar-refractivity contribution in [2.45, 2.75) is 6.42 Å². The van der Waals surface area contributed by atoms with Gasteiger partial charge in [-0.2, -0.15) is 4.98 Å². The largest absolute Gasteiger partial charge is 0.497 e. The third-order valence-corrected chi connectivity index (χ3v) is 4.11. The fourth-order valence-corrected chi connectivity index (χ4v) is 2.64. The number of carbonyl (C=O) groups excluding carboxylic acids is 1. The van der Waals surface area contributed by atoms with Gasteiger partial charge in [-0.05, 0) is 42.3 Å². The molecule has 0 aliphatic heterocycles. The number of anilines is 3. The van der Waals surface area contributed by atoms with Crippen molar-refractivity contribution < 1.29 is 14.3 Å². The molecule has 7 nitrogen and oxygen atoms in total. The van der Waals surface area contributed by atoms with Crippen molar-refractivity contribution in [3.05, 3.63) is 71.9 Å². The third kappa shape index (κ3) is 4.97. The van der Waals surface area contributed by atoms with Gasteiger partial charge < -0.3 is 20.1 Å². The van der Waals surface area contributed by atoms with Gasteiger partial charge in [0.2, 0.25) is 5.95 Å². The molecule has 7 heteroatoms. The van der Waals surface area contributed by atoms with Crippen molar-refractivity contribution in [2.75, 3.05) is 31.4 Å². The van der Waals surface area contributed by atoms with Crippen LogP contribution >= 0.6 is 0 Å². The van der Waals surface area contributed by atoms with Crippen LogP contribution in [-0.2, 0) is 11.2 Å². The van der Waals surface area contributed by atoms with Gasteiger partial charge in [-0.15, -0.1) is 0 Å². The van der Waals surface area contributed by atoms with Gasteiger partial charge in [0, 0.05) is 12.7 Å². The highest BCUT2D eigenvalue weighted by Crippen LogP contribution is 2.20. The van der Waals surface area contributed by atoms with Crippen LogP contribution in [-0.4, -0.2) is 36.7 Å². The van der Waals surface area contributed by atoms with Crippen LogP contribution in [0.2, 0.25) is 0 Å². The maximum absolute atomic E-state index is 11.9. The average molecular weight is 378 g/mol. The fourth-order valence-electron chi connectivity index (χ4n) is 2.64. The van der Waals surface area contributed by atoms with E-state index in [4.69, 9.17) is 9.47 Å². The minimum Gasteiger partial charge on any atom is -0.497 e. The number of carbonyl (C=O) groups is 1. The normalized spacial score (nSPS) is 10.2. The van der Waals surface area contributed by atoms with Gasteiger partial charge >= 0.3 is 5.97 Å². The Morgan fingerprint density at radius 2 is 1.82 bits per heavy atom. The Morgan fingerprint density at radius 1 is 1.04 bits per heavy atom. The molecular formula is C21H22N4O3. The van der Waals surface area contributed by atoms with E-state index in [0.717, 1.165) is 12.2 Å². The summed E-state index contributed by atoms with van der Waals surface area (Å²) >= 11 is 0. The molecule has 0 atom stereocenters. The van der Waals surface area contributed by atoms with Crippen molar-refractivity contribution in [1.82, 2.24) is 9.97 Å². The Balaban J connectivity index is 1.62. The zero-order valence-electron chi connectivity index (χ0n) is 15.8. The molecule has 0 bridgehead atoms. The average Bonchev–Trinajstić information content (AvgIpc) is 2.74. The highest BCUT2D eigenvalue weighted by Gasteiger charge is 2.11. The predicted octanol–water partition coefficient (Wildman–Crippen LogP) is 3.67. The van der Waals surface area contributed by atoms with Crippen molar-refractivity contribution in [1.29, 1.82) is 0 Å². The molecule has 0 unspecified atom stereocenters. The second-order valence-electron chi connectivity index (χ2n) is 5.95. The third-order valence-electron chi connectivity index (χ3n) is 4.11. The molecule has 2 N–H and O–H groups in total. The number of nitrogens with one attached hydrogen (secondary N) is 2. The van der Waals surface area contributed by atoms with E-state index in [2.05, 4.69) is 20.6 Å². The quantitative estimate of drug-likeness (QED) is 0.579. The molecule has 2 aromatic carbocycles. The maximum atomic E-state index is 11.9. The minimum absolute atomic E-state index is 0.407. The van der Waals surface area contributed by atoms with Crippen LogP contribution in [0.3, 0.4) is 0 Å². The summed E-state index contributed by atoms with van der Waals surface area (Å²) in [5.41, 5.74) is 2.25. The van der Waals surface area contributed by atoms with Crippen LogP contribution in [0.4, 0.5) is 17.5 Å². The van der Waals surface area contributed by atoms with Crippen LogP contribution in [0.15, 0.2) is 60.8 Å². The summed E-state index contributed by atoms with van der Waals surface area (Å²) < 4.78 is 9.98. The van der Waals surface area contributed by atoms with E-state index in [1.54, 1.807) is 37.6 Å². The molecule has 0 spiro atoms. The van der Waals surface area contributed by atoms with E-state index in [1.165, 1.54) is 12.7 Å². The number of methoxy groups -OCH3 is 2. The van der Waals surface area contributed by atoms with Crippen LogP contribution in [0.5, 0.6) is 5.75 Å². The summed E-state index contributed by atoms with van der Waals surface area (Å²) in [7, 11) is 3.01. The van der Waals surface area contributed by atoms with Gasteiger partial charge in [-0.3, -0.25) is 0 Å². The van der Waals surface area contributed by atoms with Crippen molar-refractivity contribution in [3.63, 3.8) is 0 Å². The zero-order chi connectivity index (χ0) is 19.8. The standard InChI is InChI=1S/C21H22N4O3/c1-27-16-9-7-15(8-10-16)11-13-22-21-23-14-12-19(25-21)24-18-6-4-3-5-17(18)20(26)28-2/h3-10,12,14H,11,13H2,1-2H3,(H2,22,23,24,25). The summed E-state index contributed by atoms with van der Waals surface area (Å²) in [6.07, 6.45) is 2.49. The summed E-state index contributed by atoms with van der Waals surface area (Å²) in [6.45, 7) is 0.689. The predicted molar refractivity (Wildman–Crippen MR) is 108 cm³/mol. The number of para-hydroxylation sites is 1. The van der Waals surface area contributed by atoms with Crippen LogP contribution in [0.25, 0.3) is 0 Å². The Labute approximate surface area is 163 Å². The highest BCUT2D eigenvalue weighted by molar-refractivity contribution is 5.96. The Hall–Kier alpha value is -3.61. The van der Waals surface area contributed by atoms with Crippen LogP contribution < -0.4 is 15.4 Å². The lowest BCUT2D eigenvalue weighted by Crippen LogP contribution is -2.09. The lowest BCUT2D eigenvalue weighted by Gasteiger charge is -2.11. The van der Waals surface area contributed by atoms with E-state index in [0.29, 0.717) is 29.6 Å². The monoisotopic (exact) mass is 378 g/mol. The van der Waals surface area contributed by atoms with Crippen LogP contribution in [0.1, 0.15) is 15.9 Å².